The number of hydrogen-bond acceptors (Lipinski definition) is 4. The molecule has 0 radical (unpaired) electrons. The second-order valence-electron chi connectivity index (χ2n) is 6.15. The number of aromatic nitrogens is 2. The zero-order valence-electron chi connectivity index (χ0n) is 13.5. The van der Waals surface area contributed by atoms with Gasteiger partial charge >= 0.3 is 0 Å². The average molecular weight is 327 g/mol. The fraction of sp³-hybridized carbons (Fsp3) is 0.444. The first kappa shape index (κ1) is 15.4. The van der Waals surface area contributed by atoms with Crippen LogP contribution in [0, 0.1) is 0 Å². The topological polar surface area (TPSA) is 56.6 Å². The molecule has 0 aliphatic carbocycles. The van der Waals surface area contributed by atoms with Crippen LogP contribution in [0.25, 0.3) is 5.69 Å². The number of hydrogen-bond donors (Lipinski definition) is 0. The number of piperidine rings is 1. The third-order valence-corrected chi connectivity index (χ3v) is 4.60. The third kappa shape index (κ3) is 2.95. The van der Waals surface area contributed by atoms with Crippen LogP contribution in [0.5, 0.6) is 0 Å². The van der Waals surface area contributed by atoms with Gasteiger partial charge in [-0.05, 0) is 37.5 Å². The van der Waals surface area contributed by atoms with E-state index in [9.17, 15) is 4.79 Å². The van der Waals surface area contributed by atoms with E-state index in [0.29, 0.717) is 18.9 Å². The van der Waals surface area contributed by atoms with Crippen molar-refractivity contribution in [3.63, 3.8) is 0 Å². The second kappa shape index (κ2) is 6.75. The van der Waals surface area contributed by atoms with Gasteiger partial charge in [0, 0.05) is 12.7 Å². The van der Waals surface area contributed by atoms with Crippen LogP contribution < -0.4 is 0 Å². The summed E-state index contributed by atoms with van der Waals surface area (Å²) in [5.74, 6) is -0.0477. The minimum atomic E-state index is -0.301. The minimum absolute atomic E-state index is 0.0179. The molecule has 1 aromatic heterocycles. The Balaban J connectivity index is 1.54. The first-order valence-electron chi connectivity index (χ1n) is 8.48. The molecule has 2 aliphatic heterocycles. The van der Waals surface area contributed by atoms with Gasteiger partial charge in [-0.2, -0.15) is 5.10 Å². The lowest BCUT2D eigenvalue weighted by atomic mass is 10.0. The normalized spacial score (nSPS) is 22.0. The van der Waals surface area contributed by atoms with Gasteiger partial charge in [-0.25, -0.2) is 4.68 Å². The van der Waals surface area contributed by atoms with Crippen LogP contribution >= 0.6 is 0 Å². The Labute approximate surface area is 141 Å². The molecule has 0 unspecified atom stereocenters. The van der Waals surface area contributed by atoms with Gasteiger partial charge in [0.1, 0.15) is 0 Å². The third-order valence-electron chi connectivity index (χ3n) is 4.60. The van der Waals surface area contributed by atoms with Crippen LogP contribution in [0.4, 0.5) is 0 Å². The van der Waals surface area contributed by atoms with Crippen molar-refractivity contribution in [1.29, 1.82) is 0 Å². The van der Waals surface area contributed by atoms with E-state index in [4.69, 9.17) is 9.47 Å². The summed E-state index contributed by atoms with van der Waals surface area (Å²) >= 11 is 0. The lowest BCUT2D eigenvalue weighted by Crippen LogP contribution is -2.50. The fourth-order valence-electron chi connectivity index (χ4n) is 3.40. The molecule has 0 spiro atoms. The van der Waals surface area contributed by atoms with Crippen LogP contribution in [0.3, 0.4) is 0 Å². The molecule has 2 aliphatic rings. The average Bonchev–Trinajstić information content (AvgIpc) is 3.34. The molecule has 3 heterocycles. The number of benzene rings is 1. The summed E-state index contributed by atoms with van der Waals surface area (Å²) in [6.07, 6.45) is 4.54. The van der Waals surface area contributed by atoms with Crippen molar-refractivity contribution in [2.75, 3.05) is 19.8 Å². The van der Waals surface area contributed by atoms with E-state index in [1.54, 1.807) is 10.7 Å². The highest BCUT2D eigenvalue weighted by Gasteiger charge is 2.37. The summed E-state index contributed by atoms with van der Waals surface area (Å²) in [6, 6.07) is 11.5. The number of amides is 1. The maximum absolute atomic E-state index is 13.0. The predicted molar refractivity (Wildman–Crippen MR) is 87.9 cm³/mol. The molecule has 0 saturated carbocycles. The largest absolute Gasteiger partial charge is 0.348 e. The number of para-hydroxylation sites is 1. The molecule has 24 heavy (non-hydrogen) atoms. The first-order valence-corrected chi connectivity index (χ1v) is 8.48. The molecule has 126 valence electrons. The van der Waals surface area contributed by atoms with Gasteiger partial charge < -0.3 is 14.4 Å². The molecule has 2 fully saturated rings. The Hall–Kier alpha value is -2.18. The summed E-state index contributed by atoms with van der Waals surface area (Å²) in [7, 11) is 0. The van der Waals surface area contributed by atoms with Crippen LogP contribution in [0.15, 0.2) is 42.6 Å². The Bertz CT molecular complexity index is 695. The highest BCUT2D eigenvalue weighted by molar-refractivity contribution is 5.92. The van der Waals surface area contributed by atoms with Crippen molar-refractivity contribution in [1.82, 2.24) is 14.7 Å². The molecule has 1 amide bonds. The quantitative estimate of drug-likeness (QED) is 0.867. The van der Waals surface area contributed by atoms with E-state index in [1.807, 2.05) is 41.4 Å². The smallest absolute Gasteiger partial charge is 0.274 e. The van der Waals surface area contributed by atoms with Gasteiger partial charge in [0.15, 0.2) is 12.0 Å². The number of nitrogens with zero attached hydrogens (tertiary/aromatic N) is 3. The maximum atomic E-state index is 13.0. The lowest BCUT2D eigenvalue weighted by molar-refractivity contribution is -0.100. The number of likely N-dealkylation sites (tertiary alicyclic amines) is 1. The second-order valence-corrected chi connectivity index (χ2v) is 6.15. The van der Waals surface area contributed by atoms with Crippen molar-refractivity contribution < 1.29 is 14.3 Å². The van der Waals surface area contributed by atoms with Crippen molar-refractivity contribution in [2.24, 2.45) is 0 Å². The molecule has 6 heteroatoms. The molecule has 4 rings (SSSR count). The number of ether oxygens (including phenoxy) is 2. The number of rotatable bonds is 3. The highest BCUT2D eigenvalue weighted by atomic mass is 16.7. The summed E-state index contributed by atoms with van der Waals surface area (Å²) in [4.78, 5) is 14.8. The molecule has 0 bridgehead atoms. The van der Waals surface area contributed by atoms with Gasteiger partial charge in [-0.1, -0.05) is 18.2 Å². The van der Waals surface area contributed by atoms with Gasteiger partial charge in [-0.3, -0.25) is 4.79 Å². The van der Waals surface area contributed by atoms with E-state index < -0.39 is 0 Å². The zero-order valence-corrected chi connectivity index (χ0v) is 13.5. The maximum Gasteiger partial charge on any atom is 0.274 e. The Morgan fingerprint density at radius 3 is 2.67 bits per heavy atom. The van der Waals surface area contributed by atoms with E-state index in [2.05, 4.69) is 5.10 Å². The van der Waals surface area contributed by atoms with Gasteiger partial charge in [0.25, 0.3) is 5.91 Å². The Morgan fingerprint density at radius 2 is 1.88 bits per heavy atom. The van der Waals surface area contributed by atoms with Crippen LogP contribution in [-0.4, -0.2) is 52.7 Å². The highest BCUT2D eigenvalue weighted by Crippen LogP contribution is 2.25. The minimum Gasteiger partial charge on any atom is -0.348 e. The first-order chi connectivity index (χ1) is 11.8. The van der Waals surface area contributed by atoms with E-state index in [0.717, 1.165) is 31.5 Å². The molecule has 1 aromatic carbocycles. The van der Waals surface area contributed by atoms with Crippen LogP contribution in [0.2, 0.25) is 0 Å². The summed E-state index contributed by atoms with van der Waals surface area (Å²) in [5.41, 5.74) is 1.40. The van der Waals surface area contributed by atoms with Crippen molar-refractivity contribution in [3.05, 3.63) is 48.3 Å². The van der Waals surface area contributed by atoms with Crippen molar-refractivity contribution in [3.8, 4) is 5.69 Å². The number of carbonyl (C=O) groups is 1. The fourth-order valence-corrected chi connectivity index (χ4v) is 3.40. The van der Waals surface area contributed by atoms with E-state index >= 15 is 0 Å². The number of carbonyl (C=O) groups excluding carboxylic acids is 1. The lowest BCUT2D eigenvalue weighted by Gasteiger charge is -2.37. The molecule has 2 aromatic rings. The predicted octanol–water partition coefficient (Wildman–Crippen LogP) is 2.24. The SMILES string of the molecule is O=C(c1ccn(-c2ccccc2)n1)N1CCCC[C@@H]1C1OCCO1. The van der Waals surface area contributed by atoms with Gasteiger partial charge in [-0.15, -0.1) is 0 Å². The summed E-state index contributed by atoms with van der Waals surface area (Å²) in [6.45, 7) is 1.93. The van der Waals surface area contributed by atoms with E-state index in [-0.39, 0.29) is 18.2 Å². The van der Waals surface area contributed by atoms with Gasteiger partial charge in [0.2, 0.25) is 0 Å². The van der Waals surface area contributed by atoms with Crippen molar-refractivity contribution in [2.45, 2.75) is 31.6 Å². The van der Waals surface area contributed by atoms with Crippen molar-refractivity contribution >= 4 is 5.91 Å². The van der Waals surface area contributed by atoms with E-state index in [1.165, 1.54) is 0 Å². The standard InChI is InChI=1S/C18H21N3O3/c22-17(15-9-11-21(19-15)14-6-2-1-3-7-14)20-10-5-4-8-16(20)18-23-12-13-24-18/h1-3,6-7,9,11,16,18H,4-5,8,10,12-13H2/t16-/m1/s1. The molecular formula is C18H21N3O3. The summed E-state index contributed by atoms with van der Waals surface area (Å²) < 4.78 is 13.0. The Morgan fingerprint density at radius 1 is 1.08 bits per heavy atom. The molecule has 0 N–H and O–H groups in total. The molecule has 1 atom stereocenters. The van der Waals surface area contributed by atoms with Crippen LogP contribution in [-0.2, 0) is 9.47 Å². The molecule has 6 nitrogen and oxygen atoms in total. The van der Waals surface area contributed by atoms with Crippen LogP contribution in [0.1, 0.15) is 29.8 Å². The zero-order chi connectivity index (χ0) is 16.4. The monoisotopic (exact) mass is 327 g/mol. The van der Waals surface area contributed by atoms with Gasteiger partial charge in [0.05, 0.1) is 24.9 Å². The molecular weight excluding hydrogens is 306 g/mol. The summed E-state index contributed by atoms with van der Waals surface area (Å²) in [5, 5.41) is 4.46. The Kier molecular flexibility index (Phi) is 4.32. The molecule has 2 saturated heterocycles.